The Balaban J connectivity index is 1.38. The molecule has 0 fully saturated rings. The Morgan fingerprint density at radius 3 is 2.65 bits per heavy atom. The molecule has 5 aromatic carbocycles. The molecule has 2 heteroatoms. The Labute approximate surface area is 205 Å². The Morgan fingerprint density at radius 2 is 1.68 bits per heavy atom. The van der Waals surface area contributed by atoms with E-state index in [1.807, 2.05) is 12.1 Å². The van der Waals surface area contributed by atoms with Gasteiger partial charge in [0.15, 0.2) is 0 Å². The van der Waals surface area contributed by atoms with Gasteiger partial charge in [-0.05, 0) is 62.5 Å². The summed E-state index contributed by atoms with van der Waals surface area (Å²) in [5, 5.41) is 7.38. The summed E-state index contributed by atoms with van der Waals surface area (Å²) < 4.78 is 7.11. The molecule has 0 radical (unpaired) electrons. The highest BCUT2D eigenvalue weighted by Crippen LogP contribution is 2.37. The van der Waals surface area contributed by atoms with Crippen LogP contribution >= 0.6 is 15.9 Å². The largest absolute Gasteiger partial charge is 0.456 e. The lowest BCUT2D eigenvalue weighted by molar-refractivity contribution is 0.668. The average Bonchev–Trinajstić information content (AvgIpc) is 3.23. The zero-order chi connectivity index (χ0) is 22.6. The smallest absolute Gasteiger partial charge is 0.136 e. The fourth-order valence-corrected chi connectivity index (χ4v) is 5.76. The standard InChI is InChI=1S/C32H19BrO/c33-29-9-4-10-31-32(29)28-19-23(14-18-30(28)34-31)20-6-3-7-22-13-16-26-24-8-2-1-5-21(24)12-17-27(26)25(22)15-11-20/h1-2,4-5,8-20H,7H2/b15-11-. The van der Waals surface area contributed by atoms with E-state index in [1.165, 1.54) is 38.2 Å². The van der Waals surface area contributed by atoms with E-state index in [0.717, 1.165) is 32.8 Å². The second-order valence-electron chi connectivity index (χ2n) is 8.83. The molecule has 0 aliphatic heterocycles. The number of rotatable bonds is 1. The molecule has 1 atom stereocenters. The van der Waals surface area contributed by atoms with Crippen molar-refractivity contribution in [2.24, 2.45) is 0 Å². The molecule has 160 valence electrons. The zero-order valence-corrected chi connectivity index (χ0v) is 19.9. The van der Waals surface area contributed by atoms with Gasteiger partial charge in [-0.25, -0.2) is 0 Å². The summed E-state index contributed by atoms with van der Waals surface area (Å²) in [6.45, 7) is 0. The first-order valence-corrected chi connectivity index (χ1v) is 12.3. The van der Waals surface area contributed by atoms with Gasteiger partial charge >= 0.3 is 0 Å². The quantitative estimate of drug-likeness (QED) is 0.163. The number of hydrogen-bond acceptors (Lipinski definition) is 1. The third-order valence-corrected chi connectivity index (χ3v) is 7.54. The first-order valence-electron chi connectivity index (χ1n) is 11.5. The van der Waals surface area contributed by atoms with Crippen molar-refractivity contribution in [1.82, 2.24) is 0 Å². The predicted molar refractivity (Wildman–Crippen MR) is 146 cm³/mol. The summed E-state index contributed by atoms with van der Waals surface area (Å²) in [7, 11) is 0. The first kappa shape index (κ1) is 19.6. The number of halogens is 1. The fraction of sp³-hybridized carbons (Fsp3) is 0.0625. The molecule has 0 spiro atoms. The van der Waals surface area contributed by atoms with Crippen LogP contribution < -0.4 is 0 Å². The summed E-state index contributed by atoms with van der Waals surface area (Å²) in [5.74, 6) is 6.98. The minimum Gasteiger partial charge on any atom is -0.456 e. The Morgan fingerprint density at radius 1 is 0.765 bits per heavy atom. The van der Waals surface area contributed by atoms with Crippen LogP contribution in [0.1, 0.15) is 22.6 Å². The molecule has 1 unspecified atom stereocenters. The number of benzene rings is 5. The molecular weight excluding hydrogens is 480 g/mol. The van der Waals surface area contributed by atoms with Crippen LogP contribution in [0.3, 0.4) is 0 Å². The lowest BCUT2D eigenvalue weighted by atomic mass is 9.90. The van der Waals surface area contributed by atoms with E-state index in [4.69, 9.17) is 4.42 Å². The topological polar surface area (TPSA) is 13.1 Å². The molecule has 0 saturated carbocycles. The Kier molecular flexibility index (Phi) is 4.40. The third-order valence-electron chi connectivity index (χ3n) is 6.88. The van der Waals surface area contributed by atoms with Crippen LogP contribution in [-0.2, 0) is 6.42 Å². The lowest BCUT2D eigenvalue weighted by Gasteiger charge is -2.14. The lowest BCUT2D eigenvalue weighted by Crippen LogP contribution is -1.97. The summed E-state index contributed by atoms with van der Waals surface area (Å²) in [5.41, 5.74) is 5.54. The summed E-state index contributed by atoms with van der Waals surface area (Å²) >= 11 is 3.70. The zero-order valence-electron chi connectivity index (χ0n) is 18.3. The van der Waals surface area contributed by atoms with Gasteiger partial charge in [-0.2, -0.15) is 0 Å². The van der Waals surface area contributed by atoms with E-state index in [2.05, 4.69) is 113 Å². The highest BCUT2D eigenvalue weighted by Gasteiger charge is 2.15. The van der Waals surface area contributed by atoms with Gasteiger partial charge in [-0.1, -0.05) is 101 Å². The molecule has 1 aliphatic carbocycles. The highest BCUT2D eigenvalue weighted by molar-refractivity contribution is 9.10. The van der Waals surface area contributed by atoms with Crippen LogP contribution in [0.5, 0.6) is 0 Å². The normalized spacial score (nSPS) is 16.2. The molecule has 1 aromatic heterocycles. The minimum atomic E-state index is 0.0284. The average molecular weight is 499 g/mol. The van der Waals surface area contributed by atoms with E-state index >= 15 is 0 Å². The van der Waals surface area contributed by atoms with Crippen molar-refractivity contribution in [1.29, 1.82) is 0 Å². The van der Waals surface area contributed by atoms with Crippen molar-refractivity contribution >= 4 is 65.5 Å². The summed E-state index contributed by atoms with van der Waals surface area (Å²) in [6.07, 6.45) is 5.28. The van der Waals surface area contributed by atoms with E-state index in [9.17, 15) is 0 Å². The monoisotopic (exact) mass is 498 g/mol. The minimum absolute atomic E-state index is 0.0284. The molecule has 34 heavy (non-hydrogen) atoms. The highest BCUT2D eigenvalue weighted by atomic mass is 79.9. The van der Waals surface area contributed by atoms with E-state index in [0.29, 0.717) is 0 Å². The van der Waals surface area contributed by atoms with Crippen molar-refractivity contribution in [2.75, 3.05) is 0 Å². The third kappa shape index (κ3) is 3.01. The van der Waals surface area contributed by atoms with E-state index < -0.39 is 0 Å². The molecule has 6 aromatic rings. The predicted octanol–water partition coefficient (Wildman–Crippen LogP) is 9.01. The van der Waals surface area contributed by atoms with E-state index in [-0.39, 0.29) is 5.92 Å². The van der Waals surface area contributed by atoms with Crippen molar-refractivity contribution < 1.29 is 4.42 Å². The van der Waals surface area contributed by atoms with Gasteiger partial charge in [0.1, 0.15) is 11.2 Å². The SMILES string of the molecule is Brc1cccc2oc3ccc(C4C#CCc5ccc6c(ccc7ccccc76)c5/C=C\4)cc3c12. The van der Waals surface area contributed by atoms with Gasteiger partial charge < -0.3 is 4.42 Å². The van der Waals surface area contributed by atoms with Crippen LogP contribution in [0.25, 0.3) is 49.6 Å². The number of hydrogen-bond donors (Lipinski definition) is 0. The van der Waals surface area contributed by atoms with Crippen LogP contribution in [-0.4, -0.2) is 0 Å². The van der Waals surface area contributed by atoms with Crippen molar-refractivity contribution in [3.8, 4) is 11.8 Å². The molecule has 0 saturated heterocycles. The molecule has 0 bridgehead atoms. The summed E-state index contributed by atoms with van der Waals surface area (Å²) in [4.78, 5) is 0. The Hall–Kier alpha value is -3.80. The summed E-state index contributed by atoms with van der Waals surface area (Å²) in [6, 6.07) is 30.1. The van der Waals surface area contributed by atoms with Gasteiger partial charge in [0.25, 0.3) is 0 Å². The van der Waals surface area contributed by atoms with Crippen LogP contribution in [0.2, 0.25) is 0 Å². The molecule has 7 rings (SSSR count). The maximum atomic E-state index is 6.07. The molecular formula is C32H19BrO. The number of allylic oxidation sites excluding steroid dienone is 1. The van der Waals surface area contributed by atoms with Crippen LogP contribution in [0.4, 0.5) is 0 Å². The Bertz CT molecular complexity index is 1860. The van der Waals surface area contributed by atoms with Gasteiger partial charge in [-0.3, -0.25) is 0 Å². The first-order chi connectivity index (χ1) is 16.8. The van der Waals surface area contributed by atoms with Gasteiger partial charge in [0.2, 0.25) is 0 Å². The molecule has 1 nitrogen and oxygen atoms in total. The van der Waals surface area contributed by atoms with Crippen molar-refractivity contribution in [3.63, 3.8) is 0 Å². The van der Waals surface area contributed by atoms with Gasteiger partial charge in [-0.15, -0.1) is 0 Å². The second kappa shape index (κ2) is 7.62. The van der Waals surface area contributed by atoms with Gasteiger partial charge in [0, 0.05) is 21.7 Å². The maximum Gasteiger partial charge on any atom is 0.136 e. The van der Waals surface area contributed by atoms with Crippen LogP contribution in [0.15, 0.2) is 99.9 Å². The van der Waals surface area contributed by atoms with Crippen molar-refractivity contribution in [3.05, 3.63) is 112 Å². The van der Waals surface area contributed by atoms with Gasteiger partial charge in [0.05, 0.1) is 5.92 Å². The molecule has 1 heterocycles. The van der Waals surface area contributed by atoms with Crippen molar-refractivity contribution in [2.45, 2.75) is 12.3 Å². The van der Waals surface area contributed by atoms with Crippen LogP contribution in [0, 0.1) is 11.8 Å². The number of fused-ring (bicyclic) bond motifs is 8. The maximum absolute atomic E-state index is 6.07. The molecule has 1 aliphatic rings. The van der Waals surface area contributed by atoms with E-state index in [1.54, 1.807) is 0 Å². The number of furan rings is 1. The second-order valence-corrected chi connectivity index (χ2v) is 9.68. The molecule has 0 amide bonds. The fourth-order valence-electron chi connectivity index (χ4n) is 5.19. The molecule has 0 N–H and O–H groups in total.